The van der Waals surface area contributed by atoms with Crippen molar-refractivity contribution >= 4 is 23.2 Å². The van der Waals surface area contributed by atoms with Crippen molar-refractivity contribution in [1.29, 1.82) is 0 Å². The Kier molecular flexibility index (Phi) is 4.04. The lowest BCUT2D eigenvalue weighted by molar-refractivity contribution is 0.438. The van der Waals surface area contributed by atoms with Crippen molar-refractivity contribution in [2.45, 2.75) is 6.04 Å². The van der Waals surface area contributed by atoms with Gasteiger partial charge in [-0.15, -0.1) is 0 Å². The third-order valence-electron chi connectivity index (χ3n) is 2.69. The van der Waals surface area contributed by atoms with Crippen LogP contribution in [0.25, 0.3) is 0 Å². The summed E-state index contributed by atoms with van der Waals surface area (Å²) in [5.74, 6) is -4.17. The van der Waals surface area contributed by atoms with Crippen LogP contribution in [0.2, 0.25) is 10.0 Å². The second kappa shape index (κ2) is 5.41. The zero-order valence-electron chi connectivity index (χ0n) is 9.43. The van der Waals surface area contributed by atoms with Crippen LogP contribution in [-0.2, 0) is 0 Å². The minimum absolute atomic E-state index is 0.192. The first kappa shape index (κ1) is 14.2. The van der Waals surface area contributed by atoms with Gasteiger partial charge in [0, 0.05) is 15.6 Å². The van der Waals surface area contributed by atoms with Gasteiger partial charge in [-0.25, -0.2) is 13.2 Å². The molecule has 2 aromatic carbocycles. The number of nitrogens with two attached hydrogens (primary N) is 1. The highest BCUT2D eigenvalue weighted by atomic mass is 35.5. The van der Waals surface area contributed by atoms with Gasteiger partial charge in [0.15, 0.2) is 17.5 Å². The minimum atomic E-state index is -1.56. The number of benzene rings is 2. The maximum atomic E-state index is 13.7. The Balaban J connectivity index is 2.53. The van der Waals surface area contributed by atoms with E-state index in [1.54, 1.807) is 6.07 Å². The Morgan fingerprint density at radius 3 is 2.26 bits per heavy atom. The van der Waals surface area contributed by atoms with Gasteiger partial charge in [0.25, 0.3) is 0 Å². The van der Waals surface area contributed by atoms with Crippen molar-refractivity contribution in [2.24, 2.45) is 5.73 Å². The molecule has 0 bridgehead atoms. The molecule has 0 saturated carbocycles. The summed E-state index contributed by atoms with van der Waals surface area (Å²) in [5.41, 5.74) is 5.97. The number of rotatable bonds is 2. The number of hydrogen-bond acceptors (Lipinski definition) is 1. The molecule has 0 aromatic heterocycles. The molecule has 19 heavy (non-hydrogen) atoms. The van der Waals surface area contributed by atoms with Crippen LogP contribution in [0.5, 0.6) is 0 Å². The molecule has 0 heterocycles. The first-order chi connectivity index (χ1) is 8.91. The molecule has 1 unspecified atom stereocenters. The van der Waals surface area contributed by atoms with Gasteiger partial charge in [-0.1, -0.05) is 29.3 Å². The monoisotopic (exact) mass is 305 g/mol. The molecule has 6 heteroatoms. The first-order valence-corrected chi connectivity index (χ1v) is 6.01. The van der Waals surface area contributed by atoms with E-state index in [0.29, 0.717) is 10.6 Å². The van der Waals surface area contributed by atoms with Crippen LogP contribution < -0.4 is 5.73 Å². The summed E-state index contributed by atoms with van der Waals surface area (Å²) in [5, 5.41) is 0.624. The van der Waals surface area contributed by atoms with Crippen molar-refractivity contribution in [3.63, 3.8) is 0 Å². The van der Waals surface area contributed by atoms with Gasteiger partial charge in [0.05, 0.1) is 6.04 Å². The molecule has 2 aromatic rings. The van der Waals surface area contributed by atoms with Crippen LogP contribution in [0, 0.1) is 17.5 Å². The molecule has 0 amide bonds. The van der Waals surface area contributed by atoms with Crippen LogP contribution >= 0.6 is 23.2 Å². The van der Waals surface area contributed by atoms with Crippen LogP contribution in [0.3, 0.4) is 0 Å². The summed E-state index contributed by atoms with van der Waals surface area (Å²) in [4.78, 5) is 0. The summed E-state index contributed by atoms with van der Waals surface area (Å²) in [7, 11) is 0. The summed E-state index contributed by atoms with van der Waals surface area (Å²) in [6.07, 6.45) is 0. The molecule has 0 spiro atoms. The maximum Gasteiger partial charge on any atom is 0.194 e. The molecular weight excluding hydrogens is 298 g/mol. The van der Waals surface area contributed by atoms with Crippen LogP contribution in [0.15, 0.2) is 30.3 Å². The Morgan fingerprint density at radius 2 is 1.58 bits per heavy atom. The molecule has 2 N–H and O–H groups in total. The van der Waals surface area contributed by atoms with E-state index in [1.165, 1.54) is 12.1 Å². The molecule has 0 aliphatic rings. The normalized spacial score (nSPS) is 12.5. The number of hydrogen-bond donors (Lipinski definition) is 1. The van der Waals surface area contributed by atoms with E-state index in [-0.39, 0.29) is 10.6 Å². The van der Waals surface area contributed by atoms with Crippen molar-refractivity contribution in [3.05, 3.63) is 69.0 Å². The highest BCUT2D eigenvalue weighted by Crippen LogP contribution is 2.31. The van der Waals surface area contributed by atoms with E-state index >= 15 is 0 Å². The molecule has 0 fully saturated rings. The molecule has 0 radical (unpaired) electrons. The van der Waals surface area contributed by atoms with E-state index in [4.69, 9.17) is 28.9 Å². The molecule has 100 valence electrons. The summed E-state index contributed by atoms with van der Waals surface area (Å²) in [6.45, 7) is 0. The first-order valence-electron chi connectivity index (χ1n) is 5.25. The average Bonchev–Trinajstić information content (AvgIpc) is 2.38. The summed E-state index contributed by atoms with van der Waals surface area (Å²) >= 11 is 11.7. The molecule has 1 atom stereocenters. The zero-order chi connectivity index (χ0) is 14.2. The highest BCUT2D eigenvalue weighted by Gasteiger charge is 2.21. The molecule has 1 nitrogen and oxygen atoms in total. The Morgan fingerprint density at radius 1 is 0.895 bits per heavy atom. The van der Waals surface area contributed by atoms with Crippen molar-refractivity contribution < 1.29 is 13.2 Å². The largest absolute Gasteiger partial charge is 0.320 e. The second-order valence-electron chi connectivity index (χ2n) is 3.91. The van der Waals surface area contributed by atoms with Crippen LogP contribution in [0.4, 0.5) is 13.2 Å². The Bertz CT molecular complexity index is 632. The predicted molar refractivity (Wildman–Crippen MR) is 68.8 cm³/mol. The fraction of sp³-hybridized carbons (Fsp3) is 0.0769. The van der Waals surface area contributed by atoms with Gasteiger partial charge in [0.2, 0.25) is 0 Å². The second-order valence-corrected chi connectivity index (χ2v) is 4.75. The minimum Gasteiger partial charge on any atom is -0.320 e. The zero-order valence-corrected chi connectivity index (χ0v) is 10.9. The standard InChI is InChI=1S/C13H8Cl2F3N/c14-6-1-3-9(15)8(5-6)13(19)7-2-4-10(16)12(18)11(7)17/h1-5,13H,19H2. The smallest absolute Gasteiger partial charge is 0.194 e. The summed E-state index contributed by atoms with van der Waals surface area (Å²) < 4.78 is 39.7. The lowest BCUT2D eigenvalue weighted by Crippen LogP contribution is -2.15. The topological polar surface area (TPSA) is 26.0 Å². The van der Waals surface area contributed by atoms with E-state index in [0.717, 1.165) is 12.1 Å². The molecule has 2 rings (SSSR count). The van der Waals surface area contributed by atoms with Crippen molar-refractivity contribution in [2.75, 3.05) is 0 Å². The van der Waals surface area contributed by atoms with Crippen LogP contribution in [-0.4, -0.2) is 0 Å². The van der Waals surface area contributed by atoms with E-state index in [2.05, 4.69) is 0 Å². The van der Waals surface area contributed by atoms with Gasteiger partial charge in [-0.2, -0.15) is 0 Å². The van der Waals surface area contributed by atoms with Crippen LogP contribution in [0.1, 0.15) is 17.2 Å². The fourth-order valence-corrected chi connectivity index (χ4v) is 2.12. The van der Waals surface area contributed by atoms with E-state index < -0.39 is 23.5 Å². The lowest BCUT2D eigenvalue weighted by Gasteiger charge is -2.15. The SMILES string of the molecule is NC(c1cc(Cl)ccc1Cl)c1ccc(F)c(F)c1F. The van der Waals surface area contributed by atoms with Crippen molar-refractivity contribution in [3.8, 4) is 0 Å². The van der Waals surface area contributed by atoms with E-state index in [1.807, 2.05) is 0 Å². The quantitative estimate of drug-likeness (QED) is 0.815. The van der Waals surface area contributed by atoms with Gasteiger partial charge in [-0.3, -0.25) is 0 Å². The number of halogens is 5. The summed E-state index contributed by atoms with van der Waals surface area (Å²) in [6, 6.07) is 5.34. The molecular formula is C13H8Cl2F3N. The fourth-order valence-electron chi connectivity index (χ4n) is 1.70. The Labute approximate surface area is 117 Å². The van der Waals surface area contributed by atoms with Gasteiger partial charge in [0.1, 0.15) is 0 Å². The van der Waals surface area contributed by atoms with Gasteiger partial charge in [-0.05, 0) is 29.8 Å². The predicted octanol–water partition coefficient (Wildman–Crippen LogP) is 4.46. The third-order valence-corrected chi connectivity index (χ3v) is 3.27. The molecule has 0 aliphatic carbocycles. The highest BCUT2D eigenvalue weighted by molar-refractivity contribution is 6.33. The Hall–Kier alpha value is -1.23. The maximum absolute atomic E-state index is 13.7. The average molecular weight is 306 g/mol. The van der Waals surface area contributed by atoms with E-state index in [9.17, 15) is 13.2 Å². The molecule has 0 aliphatic heterocycles. The third kappa shape index (κ3) is 2.71. The lowest BCUT2D eigenvalue weighted by atomic mass is 9.99. The molecule has 0 saturated heterocycles. The van der Waals surface area contributed by atoms with Gasteiger partial charge >= 0.3 is 0 Å². The van der Waals surface area contributed by atoms with Gasteiger partial charge < -0.3 is 5.73 Å². The van der Waals surface area contributed by atoms with Crippen molar-refractivity contribution in [1.82, 2.24) is 0 Å².